The van der Waals surface area contributed by atoms with Crippen molar-refractivity contribution < 1.29 is 23.5 Å². The number of ether oxygens (including phenoxy) is 1. The third kappa shape index (κ3) is 7.48. The minimum atomic E-state index is -0.410. The molecular weight excluding hydrogens is 447 g/mol. The van der Waals surface area contributed by atoms with Gasteiger partial charge in [0.15, 0.2) is 5.13 Å². The van der Waals surface area contributed by atoms with Gasteiger partial charge in [-0.3, -0.25) is 14.4 Å². The maximum Gasteiger partial charge on any atom is 0.254 e. The van der Waals surface area contributed by atoms with Gasteiger partial charge in [-0.05, 0) is 36.4 Å². The first-order valence-corrected chi connectivity index (χ1v) is 11.0. The van der Waals surface area contributed by atoms with Crippen LogP contribution in [0.25, 0.3) is 0 Å². The molecule has 0 aliphatic carbocycles. The number of hydrogen-bond donors (Lipinski definition) is 2. The Morgan fingerprint density at radius 2 is 1.76 bits per heavy atom. The van der Waals surface area contributed by atoms with E-state index in [-0.39, 0.29) is 43.7 Å². The zero-order valence-corrected chi connectivity index (χ0v) is 18.7. The second-order valence-corrected chi connectivity index (χ2v) is 7.87. The second-order valence-electron chi connectivity index (χ2n) is 7.01. The third-order valence-electron chi connectivity index (χ3n) is 4.48. The van der Waals surface area contributed by atoms with E-state index in [0.717, 1.165) is 0 Å². The molecule has 1 aromatic heterocycles. The van der Waals surface area contributed by atoms with Gasteiger partial charge in [-0.15, -0.1) is 11.3 Å². The predicted octanol–water partition coefficient (Wildman–Crippen LogP) is 3.19. The largest absolute Gasteiger partial charge is 0.383 e. The number of halogens is 1. The third-order valence-corrected chi connectivity index (χ3v) is 5.28. The lowest BCUT2D eigenvalue weighted by molar-refractivity contribution is -0.117. The number of hydrogen-bond acceptors (Lipinski definition) is 6. The first-order valence-electron chi connectivity index (χ1n) is 10.1. The predicted molar refractivity (Wildman–Crippen MR) is 124 cm³/mol. The second kappa shape index (κ2) is 11.8. The van der Waals surface area contributed by atoms with Gasteiger partial charge in [0, 0.05) is 30.3 Å². The smallest absolute Gasteiger partial charge is 0.254 e. The lowest BCUT2D eigenvalue weighted by Crippen LogP contribution is -2.40. The lowest BCUT2D eigenvalue weighted by Gasteiger charge is -2.21. The molecule has 8 nitrogen and oxygen atoms in total. The minimum absolute atomic E-state index is 0.00377. The number of nitrogens with zero attached hydrogens (tertiary/aromatic N) is 2. The van der Waals surface area contributed by atoms with Gasteiger partial charge < -0.3 is 20.3 Å². The van der Waals surface area contributed by atoms with Crippen LogP contribution in [0.15, 0.2) is 60.0 Å². The summed E-state index contributed by atoms with van der Waals surface area (Å²) in [4.78, 5) is 43.1. The van der Waals surface area contributed by atoms with Gasteiger partial charge in [0.25, 0.3) is 5.91 Å². The van der Waals surface area contributed by atoms with E-state index in [1.54, 1.807) is 29.6 Å². The number of anilines is 2. The SMILES string of the molecule is COCCN(CC(=O)Nc1nc(CC(=O)Nc2ccc(F)cc2)cs1)C(=O)c1ccccc1. The highest BCUT2D eigenvalue weighted by atomic mass is 32.1. The van der Waals surface area contributed by atoms with Crippen molar-refractivity contribution >= 4 is 39.9 Å². The van der Waals surface area contributed by atoms with Gasteiger partial charge in [0.2, 0.25) is 11.8 Å². The summed E-state index contributed by atoms with van der Waals surface area (Å²) < 4.78 is 18.0. The average molecular weight is 471 g/mol. The molecule has 0 fully saturated rings. The van der Waals surface area contributed by atoms with Crippen LogP contribution in [0.2, 0.25) is 0 Å². The highest BCUT2D eigenvalue weighted by Gasteiger charge is 2.19. The standard InChI is InChI=1S/C23H23FN4O4S/c1-32-12-11-28(22(31)16-5-3-2-4-6-16)14-21(30)27-23-26-19(15-33-23)13-20(29)25-18-9-7-17(24)8-10-18/h2-10,15H,11-14H2,1H3,(H,25,29)(H,26,27,30). The average Bonchev–Trinajstić information content (AvgIpc) is 3.24. The molecular formula is C23H23FN4O4S. The molecule has 2 N–H and O–H groups in total. The molecule has 33 heavy (non-hydrogen) atoms. The van der Waals surface area contributed by atoms with E-state index >= 15 is 0 Å². The summed E-state index contributed by atoms with van der Waals surface area (Å²) >= 11 is 1.18. The van der Waals surface area contributed by atoms with Crippen LogP contribution < -0.4 is 10.6 Å². The van der Waals surface area contributed by atoms with Gasteiger partial charge in [-0.25, -0.2) is 9.37 Å². The number of aromatic nitrogens is 1. The number of amides is 3. The summed E-state index contributed by atoms with van der Waals surface area (Å²) in [5.74, 6) is -1.39. The Hall–Kier alpha value is -3.63. The van der Waals surface area contributed by atoms with Crippen LogP contribution in [0, 0.1) is 5.82 Å². The van der Waals surface area contributed by atoms with E-state index in [4.69, 9.17) is 4.74 Å². The fourth-order valence-electron chi connectivity index (χ4n) is 2.90. The molecule has 0 atom stereocenters. The molecule has 3 aromatic rings. The van der Waals surface area contributed by atoms with Gasteiger partial charge in [-0.2, -0.15) is 0 Å². The summed E-state index contributed by atoms with van der Waals surface area (Å²) in [5, 5.41) is 7.31. The summed E-state index contributed by atoms with van der Waals surface area (Å²) in [7, 11) is 1.52. The molecule has 3 rings (SSSR count). The summed E-state index contributed by atoms with van der Waals surface area (Å²) in [6.07, 6.45) is -0.00377. The molecule has 0 radical (unpaired) electrons. The Bertz CT molecular complexity index is 1090. The maximum atomic E-state index is 13.0. The highest BCUT2D eigenvalue weighted by Crippen LogP contribution is 2.17. The molecule has 3 amide bonds. The number of methoxy groups -OCH3 is 1. The Morgan fingerprint density at radius 3 is 2.45 bits per heavy atom. The molecule has 0 unspecified atom stereocenters. The Morgan fingerprint density at radius 1 is 1.03 bits per heavy atom. The zero-order chi connectivity index (χ0) is 23.6. The number of carbonyl (C=O) groups excluding carboxylic acids is 3. The zero-order valence-electron chi connectivity index (χ0n) is 17.9. The van der Waals surface area contributed by atoms with Crippen molar-refractivity contribution in [3.05, 3.63) is 77.1 Å². The number of benzene rings is 2. The molecule has 172 valence electrons. The molecule has 0 aliphatic rings. The van der Waals surface area contributed by atoms with Crippen LogP contribution >= 0.6 is 11.3 Å². The lowest BCUT2D eigenvalue weighted by atomic mass is 10.2. The van der Waals surface area contributed by atoms with Gasteiger partial charge >= 0.3 is 0 Å². The fourth-order valence-corrected chi connectivity index (χ4v) is 3.62. The first kappa shape index (κ1) is 24.0. The topological polar surface area (TPSA) is 101 Å². The van der Waals surface area contributed by atoms with Gasteiger partial charge in [-0.1, -0.05) is 18.2 Å². The number of thiazole rings is 1. The molecule has 1 heterocycles. The van der Waals surface area contributed by atoms with Crippen molar-refractivity contribution in [3.63, 3.8) is 0 Å². The summed E-state index contributed by atoms with van der Waals surface area (Å²) in [5.41, 5.74) is 1.43. The van der Waals surface area contributed by atoms with E-state index < -0.39 is 5.91 Å². The fraction of sp³-hybridized carbons (Fsp3) is 0.217. The Balaban J connectivity index is 1.55. The summed E-state index contributed by atoms with van der Waals surface area (Å²) in [6, 6.07) is 14.1. The molecule has 0 spiro atoms. The quantitative estimate of drug-likeness (QED) is 0.474. The summed E-state index contributed by atoms with van der Waals surface area (Å²) in [6.45, 7) is 0.373. The normalized spacial score (nSPS) is 10.5. The molecule has 2 aromatic carbocycles. The Labute approximate surface area is 194 Å². The van der Waals surface area contributed by atoms with E-state index in [1.807, 2.05) is 6.07 Å². The van der Waals surface area contributed by atoms with Crippen LogP contribution in [0.4, 0.5) is 15.2 Å². The van der Waals surface area contributed by atoms with Crippen LogP contribution in [0.1, 0.15) is 16.1 Å². The van der Waals surface area contributed by atoms with E-state index in [2.05, 4.69) is 15.6 Å². The van der Waals surface area contributed by atoms with E-state index in [0.29, 0.717) is 22.1 Å². The van der Waals surface area contributed by atoms with Crippen LogP contribution in [-0.2, 0) is 20.7 Å². The molecule has 0 saturated heterocycles. The Kier molecular flexibility index (Phi) is 8.62. The van der Waals surface area contributed by atoms with Crippen molar-refractivity contribution in [2.45, 2.75) is 6.42 Å². The number of rotatable bonds is 10. The van der Waals surface area contributed by atoms with Gasteiger partial charge in [0.05, 0.1) is 18.7 Å². The van der Waals surface area contributed by atoms with Crippen LogP contribution in [0.3, 0.4) is 0 Å². The van der Waals surface area contributed by atoms with Crippen LogP contribution in [0.5, 0.6) is 0 Å². The number of nitrogens with one attached hydrogen (secondary N) is 2. The van der Waals surface area contributed by atoms with Crippen molar-refractivity contribution in [3.8, 4) is 0 Å². The van der Waals surface area contributed by atoms with Crippen molar-refractivity contribution in [2.24, 2.45) is 0 Å². The first-order chi connectivity index (χ1) is 15.9. The molecule has 0 saturated carbocycles. The molecule has 0 aliphatic heterocycles. The highest BCUT2D eigenvalue weighted by molar-refractivity contribution is 7.13. The van der Waals surface area contributed by atoms with Crippen molar-refractivity contribution in [2.75, 3.05) is 37.4 Å². The molecule has 0 bridgehead atoms. The minimum Gasteiger partial charge on any atom is -0.383 e. The maximum absolute atomic E-state index is 13.0. The van der Waals surface area contributed by atoms with Crippen molar-refractivity contribution in [1.82, 2.24) is 9.88 Å². The van der Waals surface area contributed by atoms with Crippen LogP contribution in [-0.4, -0.2) is 54.4 Å². The molecule has 10 heteroatoms. The van der Waals surface area contributed by atoms with Crippen molar-refractivity contribution in [1.29, 1.82) is 0 Å². The van der Waals surface area contributed by atoms with E-state index in [1.165, 1.54) is 47.6 Å². The number of carbonyl (C=O) groups is 3. The van der Waals surface area contributed by atoms with E-state index in [9.17, 15) is 18.8 Å². The van der Waals surface area contributed by atoms with Gasteiger partial charge in [0.1, 0.15) is 12.4 Å². The monoisotopic (exact) mass is 470 g/mol.